The molecule has 0 aromatic heterocycles. The third kappa shape index (κ3) is 3.95. The van der Waals surface area contributed by atoms with Crippen LogP contribution in [0.15, 0.2) is 12.1 Å². The molecule has 1 fully saturated rings. The molecule has 25 heavy (non-hydrogen) atoms. The molecule has 0 radical (unpaired) electrons. The lowest BCUT2D eigenvalue weighted by Gasteiger charge is -2.46. The first-order chi connectivity index (χ1) is 12.0. The van der Waals surface area contributed by atoms with E-state index in [-0.39, 0.29) is 6.10 Å². The van der Waals surface area contributed by atoms with Gasteiger partial charge in [-0.25, -0.2) is 0 Å². The van der Waals surface area contributed by atoms with Crippen LogP contribution in [0.2, 0.25) is 0 Å². The normalized spacial score (nSPS) is 26.2. The van der Waals surface area contributed by atoms with Gasteiger partial charge >= 0.3 is 0 Å². The van der Waals surface area contributed by atoms with Crippen LogP contribution in [-0.2, 0) is 6.42 Å². The number of nitrogens with zero attached hydrogens (tertiary/aromatic N) is 1. The number of aliphatic hydroxyl groups excluding tert-OH is 1. The largest absolute Gasteiger partial charge is 0.493 e. The highest BCUT2D eigenvalue weighted by Gasteiger charge is 2.38. The van der Waals surface area contributed by atoms with Crippen LogP contribution < -0.4 is 9.47 Å². The zero-order valence-electron chi connectivity index (χ0n) is 16.1. The molecule has 3 atom stereocenters. The molecule has 1 aromatic carbocycles. The van der Waals surface area contributed by atoms with E-state index < -0.39 is 0 Å². The van der Waals surface area contributed by atoms with E-state index >= 15 is 0 Å². The lowest BCUT2D eigenvalue weighted by molar-refractivity contribution is -0.0191. The average Bonchev–Trinajstić information content (AvgIpc) is 2.59. The predicted molar refractivity (Wildman–Crippen MR) is 100 cm³/mol. The quantitative estimate of drug-likeness (QED) is 0.850. The van der Waals surface area contributed by atoms with Gasteiger partial charge in [0, 0.05) is 19.1 Å². The summed E-state index contributed by atoms with van der Waals surface area (Å²) in [5, 5.41) is 10.7. The van der Waals surface area contributed by atoms with Gasteiger partial charge in [-0.3, -0.25) is 4.90 Å². The summed E-state index contributed by atoms with van der Waals surface area (Å²) in [6.07, 6.45) is 3.74. The highest BCUT2D eigenvalue weighted by molar-refractivity contribution is 5.49. The molecule has 1 saturated heterocycles. The van der Waals surface area contributed by atoms with Crippen molar-refractivity contribution in [2.24, 2.45) is 11.8 Å². The Morgan fingerprint density at radius 3 is 2.76 bits per heavy atom. The number of fused-ring (bicyclic) bond motifs is 3. The number of methoxy groups -OCH3 is 1. The van der Waals surface area contributed by atoms with E-state index in [0.717, 1.165) is 50.3 Å². The third-order valence-electron chi connectivity index (χ3n) is 5.61. The van der Waals surface area contributed by atoms with Gasteiger partial charge in [-0.15, -0.1) is 0 Å². The second kappa shape index (κ2) is 7.96. The van der Waals surface area contributed by atoms with Crippen LogP contribution in [0.5, 0.6) is 11.5 Å². The van der Waals surface area contributed by atoms with Crippen molar-refractivity contribution in [3.8, 4) is 11.5 Å². The minimum atomic E-state index is -0.211. The van der Waals surface area contributed by atoms with Crippen LogP contribution in [0.25, 0.3) is 0 Å². The zero-order chi connectivity index (χ0) is 18.0. The van der Waals surface area contributed by atoms with E-state index in [1.807, 2.05) is 0 Å². The summed E-state index contributed by atoms with van der Waals surface area (Å²) in [6.45, 7) is 9.37. The second-order valence-electron chi connectivity index (χ2n) is 8.00. The van der Waals surface area contributed by atoms with Gasteiger partial charge in [-0.2, -0.15) is 0 Å². The maximum absolute atomic E-state index is 10.7. The van der Waals surface area contributed by atoms with E-state index in [1.165, 1.54) is 11.1 Å². The van der Waals surface area contributed by atoms with Crippen molar-refractivity contribution >= 4 is 0 Å². The Hall–Kier alpha value is -1.26. The summed E-state index contributed by atoms with van der Waals surface area (Å²) in [5.74, 6) is 2.69. The number of hydrogen-bond acceptors (Lipinski definition) is 4. The van der Waals surface area contributed by atoms with Gasteiger partial charge in [0.05, 0.1) is 19.8 Å². The minimum absolute atomic E-state index is 0.211. The molecule has 4 heteroatoms. The molecule has 3 unspecified atom stereocenters. The Bertz CT molecular complexity index is 587. The fraction of sp³-hybridized carbons (Fsp3) is 0.714. The molecule has 2 heterocycles. The maximum atomic E-state index is 10.7. The molecule has 3 rings (SSSR count). The van der Waals surface area contributed by atoms with Crippen molar-refractivity contribution in [2.75, 3.05) is 26.8 Å². The van der Waals surface area contributed by atoms with Crippen LogP contribution in [-0.4, -0.2) is 42.9 Å². The first-order valence-corrected chi connectivity index (χ1v) is 9.79. The van der Waals surface area contributed by atoms with Crippen LogP contribution in [0.1, 0.15) is 57.2 Å². The summed E-state index contributed by atoms with van der Waals surface area (Å²) in [7, 11) is 1.70. The standard InChI is InChI=1S/C21H33NO3/c1-5-8-25-21-10-15-6-7-22-13-16(9-14(2)3)19(23)12-18(22)17(15)11-20(21)24-4/h10-11,14,16,18-19,23H,5-9,12-13H2,1-4H3. The SMILES string of the molecule is CCCOc1cc2c(cc1OC)C1CC(O)C(CC(C)C)CN1CC2. The fourth-order valence-corrected chi connectivity index (χ4v) is 4.42. The molecule has 1 aromatic rings. The molecule has 4 nitrogen and oxygen atoms in total. The Kier molecular flexibility index (Phi) is 5.90. The van der Waals surface area contributed by atoms with Crippen LogP contribution in [0, 0.1) is 11.8 Å². The van der Waals surface area contributed by atoms with Crippen molar-refractivity contribution in [2.45, 2.75) is 58.6 Å². The highest BCUT2D eigenvalue weighted by atomic mass is 16.5. The van der Waals surface area contributed by atoms with Gasteiger partial charge in [0.25, 0.3) is 0 Å². The molecule has 0 aliphatic carbocycles. The van der Waals surface area contributed by atoms with Crippen LogP contribution in [0.3, 0.4) is 0 Å². The topological polar surface area (TPSA) is 41.9 Å². The number of ether oxygens (including phenoxy) is 2. The highest BCUT2D eigenvalue weighted by Crippen LogP contribution is 2.43. The van der Waals surface area contributed by atoms with Crippen molar-refractivity contribution in [1.29, 1.82) is 0 Å². The van der Waals surface area contributed by atoms with Crippen molar-refractivity contribution < 1.29 is 14.6 Å². The molecular weight excluding hydrogens is 314 g/mol. The van der Waals surface area contributed by atoms with Gasteiger partial charge in [0.1, 0.15) is 0 Å². The molecular formula is C21H33NO3. The summed E-state index contributed by atoms with van der Waals surface area (Å²) in [4.78, 5) is 2.56. The molecule has 2 aliphatic heterocycles. The predicted octanol–water partition coefficient (Wildman–Crippen LogP) is 3.81. The molecule has 0 bridgehead atoms. The zero-order valence-corrected chi connectivity index (χ0v) is 16.1. The smallest absolute Gasteiger partial charge is 0.161 e. The Morgan fingerprint density at radius 1 is 1.28 bits per heavy atom. The number of aliphatic hydroxyl groups is 1. The van der Waals surface area contributed by atoms with Crippen molar-refractivity contribution in [1.82, 2.24) is 4.90 Å². The fourth-order valence-electron chi connectivity index (χ4n) is 4.42. The number of benzene rings is 1. The second-order valence-corrected chi connectivity index (χ2v) is 8.00. The van der Waals surface area contributed by atoms with E-state index in [2.05, 4.69) is 37.8 Å². The molecule has 140 valence electrons. The summed E-state index contributed by atoms with van der Waals surface area (Å²) in [6, 6.07) is 4.61. The lowest BCUT2D eigenvalue weighted by atomic mass is 9.79. The minimum Gasteiger partial charge on any atom is -0.493 e. The van der Waals surface area contributed by atoms with E-state index in [4.69, 9.17) is 9.47 Å². The molecule has 1 N–H and O–H groups in total. The van der Waals surface area contributed by atoms with E-state index in [9.17, 15) is 5.11 Å². The Labute approximate surface area is 152 Å². The summed E-state index contributed by atoms with van der Waals surface area (Å²) >= 11 is 0. The maximum Gasteiger partial charge on any atom is 0.161 e. The van der Waals surface area contributed by atoms with Gasteiger partial charge < -0.3 is 14.6 Å². The Morgan fingerprint density at radius 2 is 2.08 bits per heavy atom. The third-order valence-corrected chi connectivity index (χ3v) is 5.61. The van der Waals surface area contributed by atoms with E-state index in [1.54, 1.807) is 7.11 Å². The molecule has 0 spiro atoms. The van der Waals surface area contributed by atoms with Crippen LogP contribution >= 0.6 is 0 Å². The average molecular weight is 347 g/mol. The number of piperidine rings is 1. The van der Waals surface area contributed by atoms with Crippen LogP contribution in [0.4, 0.5) is 0 Å². The molecule has 0 amide bonds. The lowest BCUT2D eigenvalue weighted by Crippen LogP contribution is -2.48. The van der Waals surface area contributed by atoms with Gasteiger partial charge in [0.2, 0.25) is 0 Å². The van der Waals surface area contributed by atoms with Gasteiger partial charge in [-0.05, 0) is 60.8 Å². The van der Waals surface area contributed by atoms with Gasteiger partial charge in [0.15, 0.2) is 11.5 Å². The summed E-state index contributed by atoms with van der Waals surface area (Å²) in [5.41, 5.74) is 2.66. The van der Waals surface area contributed by atoms with Crippen molar-refractivity contribution in [3.05, 3.63) is 23.3 Å². The van der Waals surface area contributed by atoms with Crippen molar-refractivity contribution in [3.63, 3.8) is 0 Å². The van der Waals surface area contributed by atoms with Gasteiger partial charge in [-0.1, -0.05) is 20.8 Å². The first kappa shape index (κ1) is 18.5. The molecule has 2 aliphatic rings. The summed E-state index contributed by atoms with van der Waals surface area (Å²) < 4.78 is 11.5. The molecule has 0 saturated carbocycles. The number of hydrogen-bond donors (Lipinski definition) is 1. The Balaban J connectivity index is 1.84. The number of rotatable bonds is 6. The first-order valence-electron chi connectivity index (χ1n) is 9.79. The van der Waals surface area contributed by atoms with E-state index in [0.29, 0.717) is 24.5 Å². The monoisotopic (exact) mass is 347 g/mol.